The molecule has 0 aromatic heterocycles. The fourth-order valence-electron chi connectivity index (χ4n) is 3.34. The zero-order chi connectivity index (χ0) is 19.7. The summed E-state index contributed by atoms with van der Waals surface area (Å²) in [5.74, 6) is 0.835. The van der Waals surface area contributed by atoms with Crippen LogP contribution in [-0.2, 0) is 0 Å². The minimum atomic E-state index is -0.339. The number of aliphatic imine (C=N–C) groups is 1. The van der Waals surface area contributed by atoms with E-state index in [0.29, 0.717) is 31.3 Å². The van der Waals surface area contributed by atoms with Gasteiger partial charge in [-0.2, -0.15) is 0 Å². The van der Waals surface area contributed by atoms with Crippen molar-refractivity contribution in [1.82, 2.24) is 4.90 Å². The Labute approximate surface area is 162 Å². The van der Waals surface area contributed by atoms with Crippen LogP contribution in [0.5, 0.6) is 5.75 Å². The Morgan fingerprint density at radius 2 is 2.07 bits per heavy atom. The van der Waals surface area contributed by atoms with Crippen molar-refractivity contribution in [3.05, 3.63) is 59.4 Å². The summed E-state index contributed by atoms with van der Waals surface area (Å²) in [4.78, 5) is 21.0. The Kier molecular flexibility index (Phi) is 4.73. The summed E-state index contributed by atoms with van der Waals surface area (Å²) in [5, 5.41) is 3.11. The molecule has 0 fully saturated rings. The number of nitrogens with zero attached hydrogens (tertiary/aromatic N) is 3. The molecule has 2 heterocycles. The van der Waals surface area contributed by atoms with Gasteiger partial charge in [-0.05, 0) is 42.8 Å². The zero-order valence-corrected chi connectivity index (χ0v) is 15.8. The number of rotatable bonds is 2. The van der Waals surface area contributed by atoms with Crippen LogP contribution < -0.4 is 15.0 Å². The van der Waals surface area contributed by atoms with Crippen molar-refractivity contribution >= 4 is 29.4 Å². The first-order valence-corrected chi connectivity index (χ1v) is 9.08. The number of guanidine groups is 1. The predicted octanol–water partition coefficient (Wildman–Crippen LogP) is 3.88. The van der Waals surface area contributed by atoms with E-state index >= 15 is 0 Å². The second-order valence-corrected chi connectivity index (χ2v) is 6.66. The van der Waals surface area contributed by atoms with Crippen LogP contribution in [0.25, 0.3) is 6.08 Å². The van der Waals surface area contributed by atoms with Crippen LogP contribution in [0, 0.1) is 12.7 Å². The van der Waals surface area contributed by atoms with E-state index in [9.17, 15) is 9.18 Å². The number of halogens is 1. The zero-order valence-electron chi connectivity index (χ0n) is 15.8. The van der Waals surface area contributed by atoms with Crippen LogP contribution in [0.15, 0.2) is 47.5 Å². The number of urea groups is 1. The van der Waals surface area contributed by atoms with E-state index in [1.807, 2.05) is 37.3 Å². The van der Waals surface area contributed by atoms with Gasteiger partial charge >= 0.3 is 6.03 Å². The number of methoxy groups -OCH3 is 1. The average Bonchev–Trinajstić information content (AvgIpc) is 3.17. The van der Waals surface area contributed by atoms with E-state index in [1.54, 1.807) is 23.0 Å². The number of amides is 2. The van der Waals surface area contributed by atoms with E-state index in [2.05, 4.69) is 10.3 Å². The quantitative estimate of drug-likeness (QED) is 0.860. The van der Waals surface area contributed by atoms with Gasteiger partial charge < -0.3 is 10.1 Å². The number of anilines is 2. The summed E-state index contributed by atoms with van der Waals surface area (Å²) >= 11 is 0. The minimum Gasteiger partial charge on any atom is -0.497 e. The van der Waals surface area contributed by atoms with Crippen LogP contribution in [0.3, 0.4) is 0 Å². The molecule has 6 nitrogen and oxygen atoms in total. The molecule has 0 aliphatic carbocycles. The van der Waals surface area contributed by atoms with Crippen molar-refractivity contribution in [2.24, 2.45) is 4.99 Å². The molecule has 0 radical (unpaired) electrons. The van der Waals surface area contributed by atoms with E-state index in [-0.39, 0.29) is 11.8 Å². The molecule has 0 spiro atoms. The van der Waals surface area contributed by atoms with Crippen molar-refractivity contribution < 1.29 is 13.9 Å². The molecule has 144 valence electrons. The Balaban J connectivity index is 1.58. The SMILES string of the molecule is COc1ccc2c(c1)C=CCN2C(=O)N1CCN=C1Nc1cc(F)ccc1C. The van der Waals surface area contributed by atoms with Gasteiger partial charge in [0.1, 0.15) is 11.6 Å². The largest absolute Gasteiger partial charge is 0.497 e. The summed E-state index contributed by atoms with van der Waals surface area (Å²) in [6.45, 7) is 3.33. The van der Waals surface area contributed by atoms with Gasteiger partial charge in [0, 0.05) is 17.8 Å². The van der Waals surface area contributed by atoms with Crippen LogP contribution in [0.1, 0.15) is 11.1 Å². The fourth-order valence-corrected chi connectivity index (χ4v) is 3.34. The topological polar surface area (TPSA) is 57.2 Å². The van der Waals surface area contributed by atoms with Crippen molar-refractivity contribution in [3.8, 4) is 5.75 Å². The van der Waals surface area contributed by atoms with Crippen LogP contribution >= 0.6 is 0 Å². The summed E-state index contributed by atoms with van der Waals surface area (Å²) in [6, 6.07) is 9.96. The molecule has 0 saturated carbocycles. The Bertz CT molecular complexity index is 986. The highest BCUT2D eigenvalue weighted by atomic mass is 19.1. The van der Waals surface area contributed by atoms with Crippen molar-refractivity contribution in [3.63, 3.8) is 0 Å². The molecular weight excluding hydrogens is 359 g/mol. The minimum absolute atomic E-state index is 0.173. The van der Waals surface area contributed by atoms with Crippen molar-refractivity contribution in [2.45, 2.75) is 6.92 Å². The highest BCUT2D eigenvalue weighted by molar-refractivity contribution is 6.10. The first-order valence-electron chi connectivity index (χ1n) is 9.08. The van der Waals surface area contributed by atoms with E-state index in [4.69, 9.17) is 4.74 Å². The number of nitrogens with one attached hydrogen (secondary N) is 1. The average molecular weight is 380 g/mol. The number of hydrogen-bond donors (Lipinski definition) is 1. The lowest BCUT2D eigenvalue weighted by atomic mass is 10.1. The maximum absolute atomic E-state index is 13.6. The fraction of sp³-hybridized carbons (Fsp3) is 0.238. The Morgan fingerprint density at radius 3 is 2.89 bits per heavy atom. The summed E-state index contributed by atoms with van der Waals surface area (Å²) in [7, 11) is 1.62. The van der Waals surface area contributed by atoms with Crippen LogP contribution in [-0.4, -0.2) is 43.6 Å². The van der Waals surface area contributed by atoms with E-state index in [1.165, 1.54) is 12.1 Å². The van der Waals surface area contributed by atoms with Crippen molar-refractivity contribution in [2.75, 3.05) is 37.0 Å². The molecule has 28 heavy (non-hydrogen) atoms. The smallest absolute Gasteiger partial charge is 0.331 e. The summed E-state index contributed by atoms with van der Waals surface area (Å²) in [5.41, 5.74) is 3.22. The number of hydrogen-bond acceptors (Lipinski definition) is 4. The first kappa shape index (κ1) is 18.0. The summed E-state index contributed by atoms with van der Waals surface area (Å²) < 4.78 is 18.9. The first-order chi connectivity index (χ1) is 13.6. The lowest BCUT2D eigenvalue weighted by Crippen LogP contribution is -2.48. The molecular formula is C21H21FN4O2. The van der Waals surface area contributed by atoms with Crippen molar-refractivity contribution in [1.29, 1.82) is 0 Å². The molecule has 2 aliphatic heterocycles. The number of benzene rings is 2. The lowest BCUT2D eigenvalue weighted by molar-refractivity contribution is 0.230. The molecule has 0 bridgehead atoms. The maximum Gasteiger partial charge on any atom is 0.331 e. The number of ether oxygens (including phenoxy) is 1. The van der Waals surface area contributed by atoms with Gasteiger partial charge in [-0.1, -0.05) is 18.2 Å². The van der Waals surface area contributed by atoms with Gasteiger partial charge in [0.15, 0.2) is 0 Å². The molecule has 2 aromatic carbocycles. The lowest BCUT2D eigenvalue weighted by Gasteiger charge is -2.31. The molecule has 0 unspecified atom stereocenters. The van der Waals surface area contributed by atoms with Crippen LogP contribution in [0.4, 0.5) is 20.6 Å². The standard InChI is InChI=1S/C21H21FN4O2/c1-14-5-6-16(22)13-18(14)24-20-23-9-11-26(20)21(27)25-10-3-4-15-12-17(28-2)7-8-19(15)25/h3-8,12-13H,9-11H2,1-2H3,(H,23,24). The number of aryl methyl sites for hydroxylation is 1. The van der Waals surface area contributed by atoms with Gasteiger partial charge in [-0.25, -0.2) is 9.18 Å². The molecule has 0 atom stereocenters. The van der Waals surface area contributed by atoms with Gasteiger partial charge in [0.25, 0.3) is 0 Å². The molecule has 4 rings (SSSR count). The maximum atomic E-state index is 13.6. The van der Waals surface area contributed by atoms with Gasteiger partial charge in [-0.3, -0.25) is 14.8 Å². The highest BCUT2D eigenvalue weighted by Gasteiger charge is 2.30. The third-order valence-corrected chi connectivity index (χ3v) is 4.86. The van der Waals surface area contributed by atoms with Crippen LogP contribution in [0.2, 0.25) is 0 Å². The normalized spacial score (nSPS) is 15.3. The highest BCUT2D eigenvalue weighted by Crippen LogP contribution is 2.30. The number of carbonyl (C=O) groups excluding carboxylic acids is 1. The van der Waals surface area contributed by atoms with E-state index in [0.717, 1.165) is 22.6 Å². The molecule has 1 N–H and O–H groups in total. The van der Waals surface area contributed by atoms with Gasteiger partial charge in [-0.15, -0.1) is 0 Å². The van der Waals surface area contributed by atoms with Gasteiger partial charge in [0.2, 0.25) is 5.96 Å². The van der Waals surface area contributed by atoms with E-state index < -0.39 is 0 Å². The third kappa shape index (κ3) is 3.31. The molecule has 7 heteroatoms. The third-order valence-electron chi connectivity index (χ3n) is 4.86. The predicted molar refractivity (Wildman–Crippen MR) is 109 cm³/mol. The Morgan fingerprint density at radius 1 is 1.21 bits per heavy atom. The summed E-state index contributed by atoms with van der Waals surface area (Å²) in [6.07, 6.45) is 3.92. The monoisotopic (exact) mass is 380 g/mol. The molecule has 2 aliphatic rings. The Hall–Kier alpha value is -3.35. The second-order valence-electron chi connectivity index (χ2n) is 6.66. The second kappa shape index (κ2) is 7.34. The molecule has 0 saturated heterocycles. The number of carbonyl (C=O) groups is 1. The molecule has 2 amide bonds. The molecule has 2 aromatic rings. The number of fused-ring (bicyclic) bond motifs is 1. The van der Waals surface area contributed by atoms with Gasteiger partial charge in [0.05, 0.1) is 25.9 Å².